The molecule has 168 valence electrons. The predicted octanol–water partition coefficient (Wildman–Crippen LogP) is 5.67. The van der Waals surface area contributed by atoms with E-state index in [4.69, 9.17) is 10.2 Å². The normalized spacial score (nSPS) is 11.4. The SMILES string of the molecule is CC(Sc1nc(N)c(C#N)c(-c2ccco2)c1C#N)C(=O)Nc1nc(-c2ccc(Br)cc2)cs1. The Hall–Kier alpha value is -3.64. The summed E-state index contributed by atoms with van der Waals surface area (Å²) < 4.78 is 6.38. The van der Waals surface area contributed by atoms with Crippen LogP contribution in [0, 0.1) is 22.7 Å². The van der Waals surface area contributed by atoms with E-state index in [9.17, 15) is 15.3 Å². The van der Waals surface area contributed by atoms with Crippen LogP contribution in [0.25, 0.3) is 22.6 Å². The Morgan fingerprint density at radius 1 is 1.21 bits per heavy atom. The van der Waals surface area contributed by atoms with Gasteiger partial charge in [-0.25, -0.2) is 9.97 Å². The van der Waals surface area contributed by atoms with Crippen LogP contribution in [0.5, 0.6) is 0 Å². The zero-order chi connectivity index (χ0) is 24.2. The lowest BCUT2D eigenvalue weighted by Crippen LogP contribution is -2.22. The number of nitrogen functional groups attached to an aromatic ring is 1. The van der Waals surface area contributed by atoms with Crippen LogP contribution in [0.4, 0.5) is 10.9 Å². The second-order valence-corrected chi connectivity index (χ2v) is 10.0. The number of furan rings is 1. The van der Waals surface area contributed by atoms with Crippen molar-refractivity contribution < 1.29 is 9.21 Å². The summed E-state index contributed by atoms with van der Waals surface area (Å²) in [7, 11) is 0. The molecule has 11 heteroatoms. The van der Waals surface area contributed by atoms with Gasteiger partial charge in [-0.1, -0.05) is 39.8 Å². The fourth-order valence-electron chi connectivity index (χ4n) is 3.06. The molecule has 4 aromatic rings. The summed E-state index contributed by atoms with van der Waals surface area (Å²) in [5.41, 5.74) is 8.12. The Morgan fingerprint density at radius 2 is 1.94 bits per heavy atom. The number of halogens is 1. The number of thioether (sulfide) groups is 1. The van der Waals surface area contributed by atoms with E-state index < -0.39 is 5.25 Å². The van der Waals surface area contributed by atoms with Gasteiger partial charge in [0.2, 0.25) is 5.91 Å². The second kappa shape index (κ2) is 10.1. The van der Waals surface area contributed by atoms with Crippen LogP contribution < -0.4 is 11.1 Å². The summed E-state index contributed by atoms with van der Waals surface area (Å²) in [5, 5.41) is 24.1. The highest BCUT2D eigenvalue weighted by atomic mass is 79.9. The van der Waals surface area contributed by atoms with Gasteiger partial charge in [-0.2, -0.15) is 10.5 Å². The maximum absolute atomic E-state index is 12.8. The minimum atomic E-state index is -0.628. The number of nitriles is 2. The summed E-state index contributed by atoms with van der Waals surface area (Å²) in [6, 6.07) is 15.1. The Labute approximate surface area is 211 Å². The molecular weight excluding hydrogens is 536 g/mol. The lowest BCUT2D eigenvalue weighted by molar-refractivity contribution is -0.115. The fraction of sp³-hybridized carbons (Fsp3) is 0.0870. The van der Waals surface area contributed by atoms with Crippen LogP contribution in [0.3, 0.4) is 0 Å². The molecule has 1 unspecified atom stereocenters. The molecule has 0 aliphatic rings. The van der Waals surface area contributed by atoms with Gasteiger partial charge in [-0.05, 0) is 31.2 Å². The molecule has 0 aliphatic carbocycles. The molecule has 3 aromatic heterocycles. The van der Waals surface area contributed by atoms with E-state index in [0.29, 0.717) is 10.9 Å². The highest BCUT2D eigenvalue weighted by Gasteiger charge is 2.25. The number of aromatic nitrogens is 2. The van der Waals surface area contributed by atoms with Gasteiger partial charge in [0, 0.05) is 15.4 Å². The maximum Gasteiger partial charge on any atom is 0.239 e. The van der Waals surface area contributed by atoms with Gasteiger partial charge in [-0.15, -0.1) is 11.3 Å². The first-order valence-corrected chi connectivity index (χ1v) is 12.3. The predicted molar refractivity (Wildman–Crippen MR) is 135 cm³/mol. The molecule has 4 rings (SSSR count). The number of anilines is 2. The molecule has 0 saturated carbocycles. The standard InChI is InChI=1S/C23H15BrN6O2S2/c1-12(21(31)30-23-28-17(11-33-23)13-4-6-14(24)7-5-13)34-22-16(10-26)19(18-3-2-8-32-18)15(9-25)20(27)29-22/h2-8,11-12H,1H3,(H2,27,29)(H,28,30,31). The van der Waals surface area contributed by atoms with Gasteiger partial charge in [0.05, 0.1) is 28.3 Å². The lowest BCUT2D eigenvalue weighted by atomic mass is 10.0. The third-order valence-corrected chi connectivity index (χ3v) is 7.09. The van der Waals surface area contributed by atoms with Crippen LogP contribution in [-0.2, 0) is 4.79 Å². The van der Waals surface area contributed by atoms with Crippen molar-refractivity contribution >= 4 is 55.9 Å². The zero-order valence-electron chi connectivity index (χ0n) is 17.6. The number of carbonyl (C=O) groups excluding carboxylic acids is 1. The van der Waals surface area contributed by atoms with Crippen LogP contribution in [0.15, 0.2) is 62.0 Å². The molecule has 8 nitrogen and oxygen atoms in total. The van der Waals surface area contributed by atoms with Crippen molar-refractivity contribution in [1.82, 2.24) is 9.97 Å². The molecule has 34 heavy (non-hydrogen) atoms. The molecular formula is C23H15BrN6O2S2. The fourth-order valence-corrected chi connectivity index (χ4v) is 4.97. The number of nitrogens with two attached hydrogens (primary N) is 1. The van der Waals surface area contributed by atoms with E-state index in [1.165, 1.54) is 17.6 Å². The van der Waals surface area contributed by atoms with Gasteiger partial charge in [0.1, 0.15) is 34.3 Å². The van der Waals surface area contributed by atoms with E-state index in [1.807, 2.05) is 35.7 Å². The summed E-state index contributed by atoms with van der Waals surface area (Å²) in [6.07, 6.45) is 1.44. The Bertz CT molecular complexity index is 1440. The highest BCUT2D eigenvalue weighted by molar-refractivity contribution is 9.10. The largest absolute Gasteiger partial charge is 0.464 e. The number of carbonyl (C=O) groups is 1. The van der Waals surface area contributed by atoms with E-state index in [1.54, 1.807) is 19.1 Å². The van der Waals surface area contributed by atoms with Crippen molar-refractivity contribution in [2.75, 3.05) is 11.1 Å². The van der Waals surface area contributed by atoms with E-state index >= 15 is 0 Å². The molecule has 1 atom stereocenters. The number of nitrogens with one attached hydrogen (secondary N) is 1. The van der Waals surface area contributed by atoms with Gasteiger partial charge >= 0.3 is 0 Å². The van der Waals surface area contributed by atoms with Crippen molar-refractivity contribution in [2.45, 2.75) is 17.2 Å². The number of hydrogen-bond acceptors (Lipinski definition) is 9. The second-order valence-electron chi connectivity index (χ2n) is 6.92. The molecule has 0 saturated heterocycles. The summed E-state index contributed by atoms with van der Waals surface area (Å²) in [5.74, 6) is -0.0265. The number of benzene rings is 1. The Kier molecular flexibility index (Phi) is 6.98. The maximum atomic E-state index is 12.8. The molecule has 0 spiro atoms. The van der Waals surface area contributed by atoms with Crippen molar-refractivity contribution in [3.05, 3.63) is 63.6 Å². The van der Waals surface area contributed by atoms with E-state index in [2.05, 4.69) is 37.3 Å². The van der Waals surface area contributed by atoms with Gasteiger partial charge < -0.3 is 15.5 Å². The van der Waals surface area contributed by atoms with Gasteiger partial charge in [0.15, 0.2) is 5.13 Å². The quantitative estimate of drug-likeness (QED) is 0.292. The summed E-state index contributed by atoms with van der Waals surface area (Å²) in [6.45, 7) is 1.69. The number of thiazole rings is 1. The molecule has 1 amide bonds. The van der Waals surface area contributed by atoms with E-state index in [0.717, 1.165) is 27.5 Å². The van der Waals surface area contributed by atoms with Crippen LogP contribution in [0.1, 0.15) is 18.1 Å². The molecule has 0 bridgehead atoms. The minimum absolute atomic E-state index is 0.0397. The first kappa shape index (κ1) is 23.5. The molecule has 0 radical (unpaired) electrons. The minimum Gasteiger partial charge on any atom is -0.464 e. The average molecular weight is 551 g/mol. The van der Waals surface area contributed by atoms with Crippen LogP contribution in [0.2, 0.25) is 0 Å². The molecule has 3 heterocycles. The van der Waals surface area contributed by atoms with Gasteiger partial charge in [0.25, 0.3) is 0 Å². The molecule has 0 aliphatic heterocycles. The topological polar surface area (TPSA) is 142 Å². The van der Waals surface area contributed by atoms with Crippen molar-refractivity contribution in [1.29, 1.82) is 10.5 Å². The summed E-state index contributed by atoms with van der Waals surface area (Å²) >= 11 is 5.79. The van der Waals surface area contributed by atoms with Crippen molar-refractivity contribution in [2.24, 2.45) is 0 Å². The molecule has 1 aromatic carbocycles. The smallest absolute Gasteiger partial charge is 0.239 e. The van der Waals surface area contributed by atoms with E-state index in [-0.39, 0.29) is 33.4 Å². The van der Waals surface area contributed by atoms with Gasteiger partial charge in [-0.3, -0.25) is 4.79 Å². The Morgan fingerprint density at radius 3 is 2.59 bits per heavy atom. The number of nitrogens with zero attached hydrogens (tertiary/aromatic N) is 4. The number of rotatable bonds is 6. The van der Waals surface area contributed by atoms with Crippen molar-refractivity contribution in [3.8, 4) is 34.7 Å². The lowest BCUT2D eigenvalue weighted by Gasteiger charge is -2.14. The molecule has 0 fully saturated rings. The zero-order valence-corrected chi connectivity index (χ0v) is 20.8. The number of amides is 1. The van der Waals surface area contributed by atoms with Crippen LogP contribution >= 0.6 is 39.0 Å². The third kappa shape index (κ3) is 4.82. The number of pyridine rings is 1. The average Bonchev–Trinajstić information content (AvgIpc) is 3.51. The summed E-state index contributed by atoms with van der Waals surface area (Å²) in [4.78, 5) is 21.6. The third-order valence-electron chi connectivity index (χ3n) is 4.72. The monoisotopic (exact) mass is 550 g/mol. The Balaban J connectivity index is 1.56. The first-order chi connectivity index (χ1) is 16.4. The molecule has 3 N–H and O–H groups in total. The van der Waals surface area contributed by atoms with Crippen LogP contribution in [-0.4, -0.2) is 21.1 Å². The van der Waals surface area contributed by atoms with Crippen molar-refractivity contribution in [3.63, 3.8) is 0 Å². The highest BCUT2D eigenvalue weighted by Crippen LogP contribution is 2.37. The number of hydrogen-bond donors (Lipinski definition) is 2. The first-order valence-electron chi connectivity index (χ1n) is 9.77.